The summed E-state index contributed by atoms with van der Waals surface area (Å²) in [5.74, 6) is -3.41. The number of rotatable bonds is 6. The Balaban J connectivity index is 0.000000537. The topological polar surface area (TPSA) is 102 Å². The molecule has 2 aliphatic carbocycles. The molecule has 0 aliphatic heterocycles. The fourth-order valence-corrected chi connectivity index (χ4v) is 3.30. The Bertz CT molecular complexity index is 958. The Labute approximate surface area is 200 Å². The van der Waals surface area contributed by atoms with E-state index in [2.05, 4.69) is 21.1 Å². The summed E-state index contributed by atoms with van der Waals surface area (Å²) in [5.41, 5.74) is 6.38. The molecule has 35 heavy (non-hydrogen) atoms. The van der Waals surface area contributed by atoms with Gasteiger partial charge in [-0.3, -0.25) is 9.59 Å². The van der Waals surface area contributed by atoms with E-state index in [1.165, 1.54) is 32.4 Å². The van der Waals surface area contributed by atoms with Gasteiger partial charge in [0.1, 0.15) is 0 Å². The summed E-state index contributed by atoms with van der Waals surface area (Å²) in [6.07, 6.45) is 2.94. The number of aromatic nitrogens is 3. The van der Waals surface area contributed by atoms with Gasteiger partial charge in [-0.15, -0.1) is 0 Å². The fourth-order valence-electron chi connectivity index (χ4n) is 3.30. The highest BCUT2D eigenvalue weighted by molar-refractivity contribution is 5.75. The second-order valence-electron chi connectivity index (χ2n) is 8.97. The van der Waals surface area contributed by atoms with Gasteiger partial charge in [0.15, 0.2) is 5.65 Å². The number of amides is 2. The number of nitrogens with one attached hydrogen (secondary N) is 1. The Morgan fingerprint density at radius 2 is 1.80 bits per heavy atom. The first-order chi connectivity index (χ1) is 16.3. The fraction of sp³-hybridized carbons (Fsp3) is 0.652. The van der Waals surface area contributed by atoms with Gasteiger partial charge in [0, 0.05) is 32.7 Å². The van der Waals surface area contributed by atoms with E-state index >= 15 is 0 Å². The molecule has 0 bridgehead atoms. The average Bonchev–Trinajstić information content (AvgIpc) is 3.58. The molecular formula is C23H32F5N5O2. The lowest BCUT2D eigenvalue weighted by atomic mass is 9.84. The molecule has 2 aliphatic rings. The van der Waals surface area contributed by atoms with E-state index in [1.54, 1.807) is 16.8 Å². The molecule has 2 heterocycles. The van der Waals surface area contributed by atoms with Crippen LogP contribution in [-0.4, -0.2) is 38.5 Å². The summed E-state index contributed by atoms with van der Waals surface area (Å²) in [5, 5.41) is 6.61. The van der Waals surface area contributed by atoms with Gasteiger partial charge in [-0.1, -0.05) is 19.3 Å². The first-order valence-corrected chi connectivity index (χ1v) is 11.6. The third-order valence-corrected chi connectivity index (χ3v) is 5.24. The molecule has 3 N–H and O–H groups in total. The van der Waals surface area contributed by atoms with E-state index < -0.39 is 30.8 Å². The van der Waals surface area contributed by atoms with Gasteiger partial charge in [-0.2, -0.15) is 18.3 Å². The number of imidazole rings is 1. The van der Waals surface area contributed by atoms with Crippen LogP contribution in [0.25, 0.3) is 5.65 Å². The van der Waals surface area contributed by atoms with Gasteiger partial charge in [-0.05, 0) is 36.8 Å². The standard InChI is InChI=1S/C18H21F5N4O.C3H6.C2H5NO/c19-17(20)4-1-12(2-5-17)7-14-11-27-15(26-14)8-13(10-25-27)9-24-16(28)3-6-18(21,22)23;1-2-3-1;1-2(3)4/h8,10-12H,1-7,9H2,(H,24,28);1-3H2;1H3,(H2,3,4). The largest absolute Gasteiger partial charge is 0.389 e. The Morgan fingerprint density at radius 1 is 1.20 bits per heavy atom. The molecule has 7 nitrogen and oxygen atoms in total. The SMILES string of the molecule is C1CC1.CC(N)=O.O=C(CCC(F)(F)F)NCc1cnn2cc(CC3CCC(F)(F)CC3)nc2c1. The molecule has 4 rings (SSSR count). The molecule has 0 aromatic carbocycles. The van der Waals surface area contributed by atoms with Gasteiger partial charge >= 0.3 is 6.18 Å². The van der Waals surface area contributed by atoms with Crippen LogP contribution >= 0.6 is 0 Å². The predicted octanol–water partition coefficient (Wildman–Crippen LogP) is 4.72. The summed E-state index contributed by atoms with van der Waals surface area (Å²) >= 11 is 0. The van der Waals surface area contributed by atoms with Crippen LogP contribution in [0.2, 0.25) is 0 Å². The molecule has 2 aromatic heterocycles. The van der Waals surface area contributed by atoms with Crippen LogP contribution < -0.4 is 11.1 Å². The van der Waals surface area contributed by atoms with Crippen LogP contribution in [-0.2, 0) is 22.6 Å². The second kappa shape index (κ2) is 12.8. The van der Waals surface area contributed by atoms with E-state index in [0.717, 1.165) is 5.69 Å². The number of fused-ring (bicyclic) bond motifs is 1. The van der Waals surface area contributed by atoms with Crippen LogP contribution in [0.4, 0.5) is 22.0 Å². The normalized spacial score (nSPS) is 17.0. The molecule has 12 heteroatoms. The van der Waals surface area contributed by atoms with Crippen molar-refractivity contribution in [3.05, 3.63) is 29.7 Å². The summed E-state index contributed by atoms with van der Waals surface area (Å²) in [6.45, 7) is 1.36. The number of nitrogens with zero attached hydrogens (tertiary/aromatic N) is 3. The maximum Gasteiger partial charge on any atom is 0.389 e. The quantitative estimate of drug-likeness (QED) is 0.555. The number of carbonyl (C=O) groups is 2. The van der Waals surface area contributed by atoms with Gasteiger partial charge in [0.25, 0.3) is 0 Å². The summed E-state index contributed by atoms with van der Waals surface area (Å²) < 4.78 is 64.4. The van der Waals surface area contributed by atoms with Crippen molar-refractivity contribution in [2.45, 2.75) is 89.8 Å². The molecule has 0 unspecified atom stereocenters. The number of primary amides is 1. The first kappa shape index (κ1) is 28.4. The van der Waals surface area contributed by atoms with Crippen molar-refractivity contribution in [1.82, 2.24) is 19.9 Å². The van der Waals surface area contributed by atoms with E-state index in [0.29, 0.717) is 30.5 Å². The van der Waals surface area contributed by atoms with Crippen molar-refractivity contribution in [1.29, 1.82) is 0 Å². The highest BCUT2D eigenvalue weighted by atomic mass is 19.4. The van der Waals surface area contributed by atoms with Gasteiger partial charge in [0.05, 0.1) is 24.5 Å². The average molecular weight is 506 g/mol. The van der Waals surface area contributed by atoms with Gasteiger partial charge in [0.2, 0.25) is 17.7 Å². The molecule has 2 aromatic rings. The van der Waals surface area contributed by atoms with Crippen molar-refractivity contribution in [2.24, 2.45) is 11.7 Å². The minimum atomic E-state index is -4.36. The van der Waals surface area contributed by atoms with Gasteiger partial charge in [-0.25, -0.2) is 18.3 Å². The third-order valence-electron chi connectivity index (χ3n) is 5.24. The van der Waals surface area contributed by atoms with Crippen LogP contribution in [0.5, 0.6) is 0 Å². The zero-order valence-electron chi connectivity index (χ0n) is 19.7. The molecule has 0 spiro atoms. The first-order valence-electron chi connectivity index (χ1n) is 11.6. The number of halogens is 5. The zero-order chi connectivity index (χ0) is 26.1. The third kappa shape index (κ3) is 12.5. The summed E-state index contributed by atoms with van der Waals surface area (Å²) in [6, 6.07) is 1.69. The molecule has 2 amide bonds. The van der Waals surface area contributed by atoms with Crippen LogP contribution in [0.3, 0.4) is 0 Å². The minimum absolute atomic E-state index is 0.0556. The van der Waals surface area contributed by atoms with E-state index in [4.69, 9.17) is 0 Å². The van der Waals surface area contributed by atoms with E-state index in [1.807, 2.05) is 0 Å². The molecule has 0 saturated heterocycles. The molecule has 196 valence electrons. The van der Waals surface area contributed by atoms with Crippen molar-refractivity contribution in [3.8, 4) is 0 Å². The van der Waals surface area contributed by atoms with Gasteiger partial charge < -0.3 is 11.1 Å². The molecule has 2 saturated carbocycles. The van der Waals surface area contributed by atoms with Crippen molar-refractivity contribution in [2.75, 3.05) is 0 Å². The minimum Gasteiger partial charge on any atom is -0.370 e. The van der Waals surface area contributed by atoms with Crippen molar-refractivity contribution >= 4 is 17.5 Å². The molecular weight excluding hydrogens is 473 g/mol. The van der Waals surface area contributed by atoms with Crippen molar-refractivity contribution in [3.63, 3.8) is 0 Å². The molecule has 0 atom stereocenters. The highest BCUT2D eigenvalue weighted by Crippen LogP contribution is 2.37. The lowest BCUT2D eigenvalue weighted by Crippen LogP contribution is -2.25. The smallest absolute Gasteiger partial charge is 0.370 e. The van der Waals surface area contributed by atoms with Crippen LogP contribution in [0.1, 0.15) is 76.0 Å². The number of hydrogen-bond acceptors (Lipinski definition) is 4. The van der Waals surface area contributed by atoms with E-state index in [-0.39, 0.29) is 31.2 Å². The monoisotopic (exact) mass is 505 g/mol. The summed E-state index contributed by atoms with van der Waals surface area (Å²) in [4.78, 5) is 25.2. The van der Waals surface area contributed by atoms with E-state index in [9.17, 15) is 31.5 Å². The Morgan fingerprint density at radius 3 is 2.34 bits per heavy atom. The number of hydrogen-bond donors (Lipinski definition) is 2. The Kier molecular flexibility index (Phi) is 10.4. The number of carbonyl (C=O) groups excluding carboxylic acids is 2. The maximum atomic E-state index is 13.2. The molecule has 0 radical (unpaired) electrons. The van der Waals surface area contributed by atoms with Crippen LogP contribution in [0.15, 0.2) is 18.5 Å². The van der Waals surface area contributed by atoms with Crippen molar-refractivity contribution < 1.29 is 31.5 Å². The highest BCUT2D eigenvalue weighted by Gasteiger charge is 2.35. The maximum absolute atomic E-state index is 13.2. The summed E-state index contributed by atoms with van der Waals surface area (Å²) in [7, 11) is 0. The number of alkyl halides is 5. The van der Waals surface area contributed by atoms with Crippen LogP contribution in [0, 0.1) is 5.92 Å². The molecule has 2 fully saturated rings. The Hall–Kier alpha value is -2.79. The predicted molar refractivity (Wildman–Crippen MR) is 119 cm³/mol. The zero-order valence-corrected chi connectivity index (χ0v) is 19.7. The lowest BCUT2D eigenvalue weighted by Gasteiger charge is -2.27. The second-order valence-corrected chi connectivity index (χ2v) is 8.97. The number of nitrogens with two attached hydrogens (primary N) is 1. The lowest BCUT2D eigenvalue weighted by molar-refractivity contribution is -0.144.